The van der Waals surface area contributed by atoms with E-state index in [0.29, 0.717) is 6.54 Å². The van der Waals surface area contributed by atoms with Gasteiger partial charge in [-0.3, -0.25) is 0 Å². The molecule has 3 N–H and O–H groups in total. The van der Waals surface area contributed by atoms with Crippen LogP contribution < -0.4 is 5.73 Å². The average molecular weight is 251 g/mol. The highest BCUT2D eigenvalue weighted by molar-refractivity contribution is 7.89. The summed E-state index contributed by atoms with van der Waals surface area (Å²) in [5.74, 6) is -0.108. The van der Waals surface area contributed by atoms with Crippen LogP contribution >= 0.6 is 0 Å². The van der Waals surface area contributed by atoms with Crippen LogP contribution in [-0.2, 0) is 14.8 Å². The second kappa shape index (κ2) is 4.98. The Morgan fingerprint density at radius 2 is 2.25 bits per heavy atom. The molecule has 0 saturated carbocycles. The van der Waals surface area contributed by atoms with Crippen molar-refractivity contribution in [3.63, 3.8) is 0 Å². The quantitative estimate of drug-likeness (QED) is 0.295. The monoisotopic (exact) mass is 251 g/mol. The predicted molar refractivity (Wildman–Crippen MR) is 58.8 cm³/mol. The largest absolute Gasteiger partial charge is 0.409 e. The minimum absolute atomic E-state index is 0.0937. The smallest absolute Gasteiger partial charge is 0.216 e. The van der Waals surface area contributed by atoms with Crippen LogP contribution in [0.5, 0.6) is 0 Å². The number of sulfonamides is 1. The summed E-state index contributed by atoms with van der Waals surface area (Å²) in [6, 6.07) is 0. The van der Waals surface area contributed by atoms with Gasteiger partial charge in [0.2, 0.25) is 10.0 Å². The van der Waals surface area contributed by atoms with E-state index in [9.17, 15) is 8.42 Å². The van der Waals surface area contributed by atoms with E-state index in [4.69, 9.17) is 15.7 Å². The minimum atomic E-state index is -3.31. The molecule has 0 radical (unpaired) electrons. The van der Waals surface area contributed by atoms with Crippen molar-refractivity contribution in [3.8, 4) is 0 Å². The third-order valence-electron chi connectivity index (χ3n) is 2.43. The van der Waals surface area contributed by atoms with E-state index >= 15 is 0 Å². The molecule has 16 heavy (non-hydrogen) atoms. The molecule has 7 nitrogen and oxygen atoms in total. The number of nitrogens with two attached hydrogens (primary N) is 1. The number of nitrogens with zero attached hydrogens (tertiary/aromatic N) is 2. The van der Waals surface area contributed by atoms with Gasteiger partial charge >= 0.3 is 0 Å². The average Bonchev–Trinajstić information content (AvgIpc) is 2.28. The Labute approximate surface area is 94.9 Å². The highest BCUT2D eigenvalue weighted by atomic mass is 32.2. The van der Waals surface area contributed by atoms with E-state index in [2.05, 4.69) is 5.16 Å². The van der Waals surface area contributed by atoms with E-state index in [1.165, 1.54) is 4.31 Å². The molecule has 0 aromatic rings. The predicted octanol–water partition coefficient (Wildman–Crippen LogP) is -0.828. The third-order valence-corrected chi connectivity index (χ3v) is 4.67. The van der Waals surface area contributed by atoms with Gasteiger partial charge in [0.05, 0.1) is 11.9 Å². The van der Waals surface area contributed by atoms with E-state index in [-0.39, 0.29) is 19.0 Å². The lowest BCUT2D eigenvalue weighted by Crippen LogP contribution is -2.51. The molecule has 1 atom stereocenters. The van der Waals surface area contributed by atoms with Crippen LogP contribution in [0.25, 0.3) is 0 Å². The topological polar surface area (TPSA) is 105 Å². The second-order valence-electron chi connectivity index (χ2n) is 3.84. The summed E-state index contributed by atoms with van der Waals surface area (Å²) in [7, 11) is -3.31. The molecule has 8 heteroatoms. The first-order valence-corrected chi connectivity index (χ1v) is 6.48. The summed E-state index contributed by atoms with van der Waals surface area (Å²) in [5.41, 5.74) is 5.38. The second-order valence-corrected chi connectivity index (χ2v) is 6.33. The fourth-order valence-electron chi connectivity index (χ4n) is 1.40. The first-order valence-electron chi connectivity index (χ1n) is 4.97. The molecular formula is C8H17N3O4S. The van der Waals surface area contributed by atoms with Crippen LogP contribution in [0.3, 0.4) is 0 Å². The molecule has 0 spiro atoms. The maximum Gasteiger partial charge on any atom is 0.216 e. The first kappa shape index (κ1) is 13.2. The lowest BCUT2D eigenvalue weighted by molar-refractivity contribution is 0.0352. The molecule has 0 aromatic carbocycles. The SMILES string of the molecule is CC(C)S(=O)(=O)N1CCOC(C(N)=NO)C1. The van der Waals surface area contributed by atoms with Gasteiger partial charge in [-0.1, -0.05) is 5.16 Å². The molecule has 0 bridgehead atoms. The Hall–Kier alpha value is -0.860. The fourth-order valence-corrected chi connectivity index (χ4v) is 2.67. The summed E-state index contributed by atoms with van der Waals surface area (Å²) in [5, 5.41) is 10.8. The summed E-state index contributed by atoms with van der Waals surface area (Å²) >= 11 is 0. The highest BCUT2D eigenvalue weighted by Gasteiger charge is 2.33. The maximum atomic E-state index is 11.9. The van der Waals surface area contributed by atoms with Gasteiger partial charge in [0, 0.05) is 13.1 Å². The molecule has 1 aliphatic rings. The number of morpholine rings is 1. The van der Waals surface area contributed by atoms with Crippen LogP contribution in [-0.4, -0.2) is 54.8 Å². The summed E-state index contributed by atoms with van der Waals surface area (Å²) in [6.45, 7) is 3.87. The normalized spacial score (nSPS) is 24.9. The van der Waals surface area contributed by atoms with Crippen LogP contribution in [0.15, 0.2) is 5.16 Å². The van der Waals surface area contributed by atoms with Crippen molar-refractivity contribution in [2.24, 2.45) is 10.9 Å². The number of oxime groups is 1. The van der Waals surface area contributed by atoms with Gasteiger partial charge in [0.15, 0.2) is 5.84 Å². The van der Waals surface area contributed by atoms with Crippen molar-refractivity contribution in [2.75, 3.05) is 19.7 Å². The van der Waals surface area contributed by atoms with Crippen LogP contribution in [0.4, 0.5) is 0 Å². The van der Waals surface area contributed by atoms with E-state index in [1.54, 1.807) is 13.8 Å². The van der Waals surface area contributed by atoms with Gasteiger partial charge in [-0.2, -0.15) is 4.31 Å². The Morgan fingerprint density at radius 3 is 2.75 bits per heavy atom. The zero-order valence-corrected chi connectivity index (χ0v) is 10.1. The van der Waals surface area contributed by atoms with Crippen LogP contribution in [0.2, 0.25) is 0 Å². The Bertz CT molecular complexity index is 365. The molecule has 1 heterocycles. The van der Waals surface area contributed by atoms with Crippen molar-refractivity contribution < 1.29 is 18.4 Å². The van der Waals surface area contributed by atoms with Crippen molar-refractivity contribution in [3.05, 3.63) is 0 Å². The molecule has 1 saturated heterocycles. The zero-order valence-electron chi connectivity index (χ0n) is 9.33. The number of hydrogen-bond donors (Lipinski definition) is 2. The van der Waals surface area contributed by atoms with Gasteiger partial charge in [-0.15, -0.1) is 0 Å². The van der Waals surface area contributed by atoms with E-state index in [0.717, 1.165) is 0 Å². The van der Waals surface area contributed by atoms with Crippen molar-refractivity contribution in [1.82, 2.24) is 4.31 Å². The van der Waals surface area contributed by atoms with E-state index in [1.807, 2.05) is 0 Å². The number of amidine groups is 1. The van der Waals surface area contributed by atoms with Crippen molar-refractivity contribution in [1.29, 1.82) is 0 Å². The molecular weight excluding hydrogens is 234 g/mol. The number of rotatable bonds is 3. The molecule has 1 unspecified atom stereocenters. The molecule has 94 valence electrons. The molecule has 0 aliphatic carbocycles. The van der Waals surface area contributed by atoms with Crippen molar-refractivity contribution >= 4 is 15.9 Å². The summed E-state index contributed by atoms with van der Waals surface area (Å²) in [6.07, 6.45) is -0.674. The summed E-state index contributed by atoms with van der Waals surface area (Å²) < 4.78 is 30.3. The lowest BCUT2D eigenvalue weighted by atomic mass is 10.3. The Kier molecular flexibility index (Phi) is 4.11. The third kappa shape index (κ3) is 2.63. The standard InChI is InChI=1S/C8H17N3O4S/c1-6(2)16(13,14)11-3-4-15-7(5-11)8(9)10-12/h6-7,12H,3-5H2,1-2H3,(H2,9,10). The van der Waals surface area contributed by atoms with Crippen molar-refractivity contribution in [2.45, 2.75) is 25.2 Å². The Morgan fingerprint density at radius 1 is 1.62 bits per heavy atom. The Balaban J connectivity index is 2.79. The van der Waals surface area contributed by atoms with Crippen LogP contribution in [0, 0.1) is 0 Å². The highest BCUT2D eigenvalue weighted by Crippen LogP contribution is 2.14. The maximum absolute atomic E-state index is 11.9. The summed E-state index contributed by atoms with van der Waals surface area (Å²) in [4.78, 5) is 0. The van der Waals surface area contributed by atoms with Gasteiger partial charge < -0.3 is 15.7 Å². The lowest BCUT2D eigenvalue weighted by Gasteiger charge is -2.32. The number of ether oxygens (including phenoxy) is 1. The van der Waals surface area contributed by atoms with Crippen LogP contribution in [0.1, 0.15) is 13.8 Å². The van der Waals surface area contributed by atoms with Gasteiger partial charge in [-0.25, -0.2) is 8.42 Å². The minimum Gasteiger partial charge on any atom is -0.409 e. The molecule has 1 aliphatic heterocycles. The fraction of sp³-hybridized carbons (Fsp3) is 0.875. The molecule has 1 rings (SSSR count). The molecule has 0 aromatic heterocycles. The first-order chi connectivity index (χ1) is 7.39. The number of hydrogen-bond acceptors (Lipinski definition) is 5. The van der Waals surface area contributed by atoms with Gasteiger partial charge in [-0.05, 0) is 13.8 Å². The van der Waals surface area contributed by atoms with Gasteiger partial charge in [0.25, 0.3) is 0 Å². The van der Waals surface area contributed by atoms with E-state index < -0.39 is 21.4 Å². The molecule has 0 amide bonds. The van der Waals surface area contributed by atoms with Gasteiger partial charge in [0.1, 0.15) is 6.10 Å². The zero-order chi connectivity index (χ0) is 12.3. The molecule has 1 fully saturated rings.